The maximum atomic E-state index is 12.2. The number of carbonyl (C=O) groups excluding carboxylic acids is 1. The smallest absolute Gasteiger partial charge is 0.167 e. The monoisotopic (exact) mass is 239 g/mol. The summed E-state index contributed by atoms with van der Waals surface area (Å²) < 4.78 is 0. The topological polar surface area (TPSA) is 30.0 Å². The zero-order valence-corrected chi connectivity index (χ0v) is 10.6. The number of halogens is 1. The summed E-state index contributed by atoms with van der Waals surface area (Å²) in [6.07, 6.45) is 7.18. The average Bonchev–Trinajstić information content (AvgIpc) is 2.30. The molecule has 3 heteroatoms. The molecule has 0 aliphatic rings. The van der Waals surface area contributed by atoms with Crippen molar-refractivity contribution in [2.75, 3.05) is 0 Å². The highest BCUT2D eigenvalue weighted by Crippen LogP contribution is 2.22. The van der Waals surface area contributed by atoms with E-state index in [4.69, 9.17) is 11.6 Å². The van der Waals surface area contributed by atoms with Gasteiger partial charge in [0.2, 0.25) is 0 Å². The van der Waals surface area contributed by atoms with Crippen LogP contribution in [0.1, 0.15) is 49.9 Å². The summed E-state index contributed by atoms with van der Waals surface area (Å²) in [6.45, 7) is 4.18. The van der Waals surface area contributed by atoms with Crippen molar-refractivity contribution in [3.8, 4) is 0 Å². The summed E-state index contributed by atoms with van der Waals surface area (Å²) in [5.41, 5.74) is 0.611. The molecule has 0 radical (unpaired) electrons. The zero-order chi connectivity index (χ0) is 12.0. The van der Waals surface area contributed by atoms with Gasteiger partial charge < -0.3 is 0 Å². The Morgan fingerprint density at radius 1 is 1.50 bits per heavy atom. The van der Waals surface area contributed by atoms with Crippen LogP contribution in [0.2, 0.25) is 5.02 Å². The van der Waals surface area contributed by atoms with Crippen LogP contribution in [-0.4, -0.2) is 10.8 Å². The quantitative estimate of drug-likeness (QED) is 0.699. The van der Waals surface area contributed by atoms with E-state index in [1.807, 2.05) is 6.92 Å². The molecule has 16 heavy (non-hydrogen) atoms. The second-order valence-corrected chi connectivity index (χ2v) is 4.37. The van der Waals surface area contributed by atoms with Crippen molar-refractivity contribution in [2.24, 2.45) is 5.92 Å². The lowest BCUT2D eigenvalue weighted by molar-refractivity contribution is 0.0908. The van der Waals surface area contributed by atoms with E-state index in [0.29, 0.717) is 10.6 Å². The predicted molar refractivity (Wildman–Crippen MR) is 66.9 cm³/mol. The molecule has 1 rings (SSSR count). The van der Waals surface area contributed by atoms with Crippen molar-refractivity contribution in [2.45, 2.75) is 39.5 Å². The molecule has 0 aliphatic heterocycles. The first-order chi connectivity index (χ1) is 7.70. The summed E-state index contributed by atoms with van der Waals surface area (Å²) in [6, 6.07) is 1.71. The van der Waals surface area contributed by atoms with Gasteiger partial charge in [-0.05, 0) is 18.9 Å². The highest BCUT2D eigenvalue weighted by molar-refractivity contribution is 6.33. The molecule has 88 valence electrons. The number of hydrogen-bond donors (Lipinski definition) is 0. The number of Topliss-reactive ketones (excluding diaryl/α,β-unsaturated/α-hetero) is 1. The second kappa shape index (κ2) is 6.64. The van der Waals surface area contributed by atoms with Gasteiger partial charge in [-0.15, -0.1) is 0 Å². The van der Waals surface area contributed by atoms with Crippen LogP contribution in [0.25, 0.3) is 0 Å². The molecule has 0 bridgehead atoms. The van der Waals surface area contributed by atoms with E-state index in [2.05, 4.69) is 11.9 Å². The second-order valence-electron chi connectivity index (χ2n) is 3.97. The summed E-state index contributed by atoms with van der Waals surface area (Å²) in [4.78, 5) is 16.1. The van der Waals surface area contributed by atoms with Crippen LogP contribution >= 0.6 is 11.6 Å². The maximum Gasteiger partial charge on any atom is 0.167 e. The third kappa shape index (κ3) is 3.31. The van der Waals surface area contributed by atoms with Crippen LogP contribution < -0.4 is 0 Å². The molecule has 1 aromatic heterocycles. The van der Waals surface area contributed by atoms with Crippen LogP contribution in [-0.2, 0) is 0 Å². The lowest BCUT2D eigenvalue weighted by Gasteiger charge is -2.13. The van der Waals surface area contributed by atoms with E-state index in [0.717, 1.165) is 25.7 Å². The van der Waals surface area contributed by atoms with Crippen LogP contribution in [0.3, 0.4) is 0 Å². The van der Waals surface area contributed by atoms with E-state index >= 15 is 0 Å². The Kier molecular flexibility index (Phi) is 5.47. The van der Waals surface area contributed by atoms with Crippen molar-refractivity contribution in [1.82, 2.24) is 4.98 Å². The summed E-state index contributed by atoms with van der Waals surface area (Å²) in [7, 11) is 0. The summed E-state index contributed by atoms with van der Waals surface area (Å²) in [5, 5.41) is 0.461. The predicted octanol–water partition coefficient (Wildman–Crippen LogP) is 4.13. The van der Waals surface area contributed by atoms with E-state index in [1.165, 1.54) is 6.20 Å². The first-order valence-corrected chi connectivity index (χ1v) is 6.22. The number of hydrogen-bond acceptors (Lipinski definition) is 2. The van der Waals surface area contributed by atoms with Gasteiger partial charge in [0, 0.05) is 23.9 Å². The number of aromatic nitrogens is 1. The van der Waals surface area contributed by atoms with E-state index in [9.17, 15) is 4.79 Å². The number of nitrogens with zero attached hydrogens (tertiary/aromatic N) is 1. The highest BCUT2D eigenvalue weighted by Gasteiger charge is 2.19. The van der Waals surface area contributed by atoms with Gasteiger partial charge >= 0.3 is 0 Å². The SMILES string of the molecule is CCCCC(CC)C(=O)c1ccncc1Cl. The van der Waals surface area contributed by atoms with Gasteiger partial charge in [0.25, 0.3) is 0 Å². The molecule has 0 amide bonds. The fourth-order valence-corrected chi connectivity index (χ4v) is 1.98. The number of rotatable bonds is 6. The summed E-state index contributed by atoms with van der Waals surface area (Å²) in [5.74, 6) is 0.253. The van der Waals surface area contributed by atoms with E-state index < -0.39 is 0 Å². The van der Waals surface area contributed by atoms with Gasteiger partial charge in [0.05, 0.1) is 5.02 Å². The number of ketones is 1. The van der Waals surface area contributed by atoms with Crippen LogP contribution in [0.4, 0.5) is 0 Å². The van der Waals surface area contributed by atoms with Crippen molar-refractivity contribution >= 4 is 17.4 Å². The molecule has 1 heterocycles. The van der Waals surface area contributed by atoms with Crippen molar-refractivity contribution < 1.29 is 4.79 Å². The average molecular weight is 240 g/mol. The van der Waals surface area contributed by atoms with Gasteiger partial charge in [-0.25, -0.2) is 0 Å². The Bertz CT molecular complexity index is 352. The fraction of sp³-hybridized carbons (Fsp3) is 0.538. The van der Waals surface area contributed by atoms with Gasteiger partial charge in [0.1, 0.15) is 0 Å². The number of unbranched alkanes of at least 4 members (excludes halogenated alkanes) is 1. The van der Waals surface area contributed by atoms with Crippen molar-refractivity contribution in [3.05, 3.63) is 29.0 Å². The molecule has 0 saturated carbocycles. The molecule has 1 aromatic rings. The van der Waals surface area contributed by atoms with E-state index in [1.54, 1.807) is 12.3 Å². The Morgan fingerprint density at radius 3 is 2.81 bits per heavy atom. The molecule has 0 aliphatic carbocycles. The molecular formula is C13H18ClNO. The number of carbonyl (C=O) groups is 1. The van der Waals surface area contributed by atoms with Gasteiger partial charge in [-0.1, -0.05) is 38.3 Å². The normalized spacial score (nSPS) is 12.4. The molecule has 1 atom stereocenters. The highest BCUT2D eigenvalue weighted by atomic mass is 35.5. The molecule has 2 nitrogen and oxygen atoms in total. The molecule has 1 unspecified atom stereocenters. The Labute approximate surface area is 102 Å². The number of pyridine rings is 1. The summed E-state index contributed by atoms with van der Waals surface area (Å²) >= 11 is 5.97. The molecule has 0 fully saturated rings. The zero-order valence-electron chi connectivity index (χ0n) is 9.87. The third-order valence-corrected chi connectivity index (χ3v) is 3.11. The molecule has 0 aromatic carbocycles. The minimum Gasteiger partial charge on any atom is -0.294 e. The first kappa shape index (κ1) is 13.2. The Morgan fingerprint density at radius 2 is 2.25 bits per heavy atom. The standard InChI is InChI=1S/C13H18ClNO/c1-3-5-6-10(4-2)13(16)11-7-8-15-9-12(11)14/h7-10H,3-6H2,1-2H3. The van der Waals surface area contributed by atoms with Crippen LogP contribution in [0.5, 0.6) is 0 Å². The molecule has 0 N–H and O–H groups in total. The van der Waals surface area contributed by atoms with Crippen molar-refractivity contribution in [3.63, 3.8) is 0 Å². The van der Waals surface area contributed by atoms with Crippen molar-refractivity contribution in [1.29, 1.82) is 0 Å². The first-order valence-electron chi connectivity index (χ1n) is 5.84. The maximum absolute atomic E-state index is 12.2. The van der Waals surface area contributed by atoms with Crippen LogP contribution in [0.15, 0.2) is 18.5 Å². The van der Waals surface area contributed by atoms with E-state index in [-0.39, 0.29) is 11.7 Å². The molecular weight excluding hydrogens is 222 g/mol. The van der Waals surface area contributed by atoms with Gasteiger partial charge in [0.15, 0.2) is 5.78 Å². The minimum absolute atomic E-state index is 0.0971. The van der Waals surface area contributed by atoms with Crippen LogP contribution in [0, 0.1) is 5.92 Å². The molecule has 0 saturated heterocycles. The van der Waals surface area contributed by atoms with Gasteiger partial charge in [-0.2, -0.15) is 0 Å². The molecule has 0 spiro atoms. The largest absolute Gasteiger partial charge is 0.294 e. The minimum atomic E-state index is 0.0971. The fourth-order valence-electron chi connectivity index (χ4n) is 1.77. The lowest BCUT2D eigenvalue weighted by Crippen LogP contribution is -2.14. The third-order valence-electron chi connectivity index (χ3n) is 2.81. The Balaban J connectivity index is 2.79. The lowest BCUT2D eigenvalue weighted by atomic mass is 9.91. The Hall–Kier alpha value is -0.890. The van der Waals surface area contributed by atoms with Gasteiger partial charge in [-0.3, -0.25) is 9.78 Å².